The number of carbonyl (C=O) groups excluding carboxylic acids is 4. The van der Waals surface area contributed by atoms with Crippen molar-refractivity contribution in [2.24, 2.45) is 5.92 Å². The average molecular weight is 537 g/mol. The number of hydrogen-bond donors (Lipinski definition) is 4. The highest BCUT2D eigenvalue weighted by atomic mass is 16.5. The molecule has 0 fully saturated rings. The first kappa shape index (κ1) is 32.4. The van der Waals surface area contributed by atoms with Crippen LogP contribution in [0.1, 0.15) is 44.6 Å². The van der Waals surface area contributed by atoms with E-state index in [2.05, 4.69) is 10.6 Å². The number of nitrogens with one attached hydrogen (secondary N) is 2. The lowest BCUT2D eigenvalue weighted by Crippen LogP contribution is -2.47. The zero-order valence-corrected chi connectivity index (χ0v) is 21.6. The summed E-state index contributed by atoms with van der Waals surface area (Å²) in [5, 5.41) is 23.2. The van der Waals surface area contributed by atoms with Crippen molar-refractivity contribution in [3.05, 3.63) is 35.9 Å². The number of amides is 2. The van der Waals surface area contributed by atoms with Crippen molar-refractivity contribution in [3.8, 4) is 0 Å². The lowest BCUT2D eigenvalue weighted by atomic mass is 9.90. The fraction of sp³-hybridized carbons (Fsp3) is 0.538. The zero-order chi connectivity index (χ0) is 28.5. The average Bonchev–Trinajstić information content (AvgIpc) is 2.84. The fourth-order valence-electron chi connectivity index (χ4n) is 3.68. The Hall–Kier alpha value is -3.64. The zero-order valence-electron chi connectivity index (χ0n) is 21.6. The molecule has 0 unspecified atom stereocenters. The summed E-state index contributed by atoms with van der Waals surface area (Å²) in [6.07, 6.45) is -1.38. The Morgan fingerprint density at radius 1 is 0.816 bits per heavy atom. The van der Waals surface area contributed by atoms with Gasteiger partial charge in [0.25, 0.3) is 0 Å². The van der Waals surface area contributed by atoms with Crippen molar-refractivity contribution in [2.45, 2.75) is 57.5 Å². The summed E-state index contributed by atoms with van der Waals surface area (Å²) in [7, 11) is 1.52. The van der Waals surface area contributed by atoms with Gasteiger partial charge < -0.3 is 30.3 Å². The molecule has 0 aliphatic carbocycles. The molecule has 1 aromatic rings. The van der Waals surface area contributed by atoms with Gasteiger partial charge in [-0.2, -0.15) is 0 Å². The number of rotatable bonds is 20. The predicted molar refractivity (Wildman–Crippen MR) is 134 cm³/mol. The molecule has 0 saturated heterocycles. The summed E-state index contributed by atoms with van der Waals surface area (Å²) in [5.74, 6) is -6.14. The summed E-state index contributed by atoms with van der Waals surface area (Å²) >= 11 is 0. The van der Waals surface area contributed by atoms with E-state index in [-0.39, 0.29) is 19.4 Å². The minimum Gasteiger partial charge on any atom is -0.481 e. The molecular formula is C26H36N2O10. The number of carboxylic acids is 2. The van der Waals surface area contributed by atoms with Crippen LogP contribution in [-0.2, 0) is 44.7 Å². The van der Waals surface area contributed by atoms with Gasteiger partial charge in [-0.05, 0) is 18.4 Å². The molecule has 0 heterocycles. The second-order valence-electron chi connectivity index (χ2n) is 8.74. The summed E-state index contributed by atoms with van der Waals surface area (Å²) in [5.41, 5.74) is 0.698. The monoisotopic (exact) mass is 536 g/mol. The van der Waals surface area contributed by atoms with Gasteiger partial charge in [-0.15, -0.1) is 0 Å². The summed E-state index contributed by atoms with van der Waals surface area (Å²) in [6, 6.07) is 6.05. The normalized spacial score (nSPS) is 13.1. The minimum atomic E-state index is -1.34. The third-order valence-electron chi connectivity index (χ3n) is 5.52. The number of aliphatic carboxylic acids is 2. The second-order valence-corrected chi connectivity index (χ2v) is 8.74. The van der Waals surface area contributed by atoms with E-state index >= 15 is 0 Å². The SMILES string of the molecule is COCCOCCCC(=O)[C@H](CC(=O)O)NC(=O)[C@@H](CC(=O)[C@H](CC(=O)O)NC(C)=O)Cc1ccccc1. The molecule has 3 atom stereocenters. The molecule has 0 aliphatic heterocycles. The van der Waals surface area contributed by atoms with Crippen molar-refractivity contribution in [1.82, 2.24) is 10.6 Å². The van der Waals surface area contributed by atoms with Crippen molar-refractivity contribution < 1.29 is 48.5 Å². The first-order valence-electron chi connectivity index (χ1n) is 12.2. The van der Waals surface area contributed by atoms with Gasteiger partial charge >= 0.3 is 11.9 Å². The molecule has 2 amide bonds. The second kappa shape index (κ2) is 17.8. The summed E-state index contributed by atoms with van der Waals surface area (Å²) in [6.45, 7) is 2.13. The minimum absolute atomic E-state index is 0.0310. The Balaban J connectivity index is 3.02. The highest BCUT2D eigenvalue weighted by Gasteiger charge is 2.31. The first-order chi connectivity index (χ1) is 18.0. The quantitative estimate of drug-likeness (QED) is 0.173. The Labute approximate surface area is 221 Å². The molecule has 38 heavy (non-hydrogen) atoms. The largest absolute Gasteiger partial charge is 0.481 e. The van der Waals surface area contributed by atoms with Gasteiger partial charge in [-0.3, -0.25) is 28.8 Å². The van der Waals surface area contributed by atoms with Crippen LogP contribution in [0.3, 0.4) is 0 Å². The van der Waals surface area contributed by atoms with E-state index in [9.17, 15) is 33.9 Å². The van der Waals surface area contributed by atoms with Crippen LogP contribution in [-0.4, -0.2) is 84.5 Å². The van der Waals surface area contributed by atoms with Crippen LogP contribution >= 0.6 is 0 Å². The van der Waals surface area contributed by atoms with Crippen LogP contribution in [0.2, 0.25) is 0 Å². The van der Waals surface area contributed by atoms with E-state index in [1.54, 1.807) is 30.3 Å². The van der Waals surface area contributed by atoms with Gasteiger partial charge in [0.05, 0.1) is 38.1 Å². The maximum Gasteiger partial charge on any atom is 0.305 e. The van der Waals surface area contributed by atoms with Crippen LogP contribution < -0.4 is 10.6 Å². The lowest BCUT2D eigenvalue weighted by Gasteiger charge is -2.23. The van der Waals surface area contributed by atoms with Crippen molar-refractivity contribution in [3.63, 3.8) is 0 Å². The number of hydrogen-bond acceptors (Lipinski definition) is 8. The van der Waals surface area contributed by atoms with E-state index in [1.165, 1.54) is 7.11 Å². The van der Waals surface area contributed by atoms with Gasteiger partial charge in [0, 0.05) is 39.4 Å². The molecule has 1 aromatic carbocycles. The molecule has 12 nitrogen and oxygen atoms in total. The van der Waals surface area contributed by atoms with Crippen LogP contribution in [0.25, 0.3) is 0 Å². The van der Waals surface area contributed by atoms with E-state index < -0.39 is 72.6 Å². The molecule has 0 saturated carbocycles. The standard InChI is InChI=1S/C26H36N2O10/c1-17(29)27-21(16-25(34)35)23(31)14-19(13-18-7-4-3-5-8-18)26(36)28-20(15-24(32)33)22(30)9-6-10-38-12-11-37-2/h3-5,7-8,19-21H,6,9-16H2,1-2H3,(H,27,29)(H,28,36)(H,32,33)(H,34,35)/t19-,20+,21+/m1/s1. The molecule has 4 N–H and O–H groups in total. The maximum absolute atomic E-state index is 13.2. The number of Topliss-reactive ketones (excluding diaryl/α,β-unsaturated/α-hetero) is 2. The number of methoxy groups -OCH3 is 1. The van der Waals surface area contributed by atoms with Crippen molar-refractivity contribution >= 4 is 35.3 Å². The summed E-state index contributed by atoms with van der Waals surface area (Å²) in [4.78, 5) is 73.0. The number of carboxylic acid groups (broad SMARTS) is 2. The molecule has 210 valence electrons. The third-order valence-corrected chi connectivity index (χ3v) is 5.52. The predicted octanol–water partition coefficient (Wildman–Crippen LogP) is 0.756. The van der Waals surface area contributed by atoms with Crippen molar-refractivity contribution in [2.75, 3.05) is 26.9 Å². The van der Waals surface area contributed by atoms with E-state index in [1.807, 2.05) is 0 Å². The molecule has 0 radical (unpaired) electrons. The highest BCUT2D eigenvalue weighted by Crippen LogP contribution is 2.17. The molecule has 1 rings (SSSR count). The Bertz CT molecular complexity index is 935. The molecule has 0 bridgehead atoms. The maximum atomic E-state index is 13.2. The van der Waals surface area contributed by atoms with Gasteiger partial charge in [-0.1, -0.05) is 30.3 Å². The number of benzene rings is 1. The Morgan fingerprint density at radius 2 is 1.42 bits per heavy atom. The lowest BCUT2D eigenvalue weighted by molar-refractivity contribution is -0.141. The number of carbonyl (C=O) groups is 6. The fourth-order valence-corrected chi connectivity index (χ4v) is 3.68. The van der Waals surface area contributed by atoms with E-state index in [4.69, 9.17) is 14.6 Å². The van der Waals surface area contributed by atoms with Crippen LogP contribution in [0, 0.1) is 5.92 Å². The van der Waals surface area contributed by atoms with Gasteiger partial charge in [-0.25, -0.2) is 0 Å². The van der Waals surface area contributed by atoms with Crippen molar-refractivity contribution in [1.29, 1.82) is 0 Å². The Kier molecular flexibility index (Phi) is 15.1. The van der Waals surface area contributed by atoms with Crippen LogP contribution in [0.5, 0.6) is 0 Å². The molecule has 0 aromatic heterocycles. The Morgan fingerprint density at radius 3 is 1.97 bits per heavy atom. The van der Waals surface area contributed by atoms with E-state index in [0.29, 0.717) is 25.2 Å². The smallest absolute Gasteiger partial charge is 0.305 e. The van der Waals surface area contributed by atoms with Gasteiger partial charge in [0.15, 0.2) is 11.6 Å². The third kappa shape index (κ3) is 13.6. The highest BCUT2D eigenvalue weighted by molar-refractivity contribution is 5.96. The van der Waals surface area contributed by atoms with E-state index in [0.717, 1.165) is 6.92 Å². The van der Waals surface area contributed by atoms with Crippen LogP contribution in [0.15, 0.2) is 30.3 Å². The molecule has 0 spiro atoms. The molecule has 12 heteroatoms. The topological polar surface area (TPSA) is 185 Å². The molecular weight excluding hydrogens is 500 g/mol. The first-order valence-corrected chi connectivity index (χ1v) is 12.2. The summed E-state index contributed by atoms with van der Waals surface area (Å²) < 4.78 is 10.2. The van der Waals surface area contributed by atoms with Gasteiger partial charge in [0.2, 0.25) is 11.8 Å². The number of ether oxygens (including phenoxy) is 2. The van der Waals surface area contributed by atoms with Gasteiger partial charge in [0.1, 0.15) is 0 Å². The number of ketones is 2. The van der Waals surface area contributed by atoms with Crippen LogP contribution in [0.4, 0.5) is 0 Å². The molecule has 0 aliphatic rings.